The largest absolute Gasteiger partial charge is 0.390 e. The van der Waals surface area contributed by atoms with Crippen LogP contribution in [0.15, 0.2) is 30.3 Å². The van der Waals surface area contributed by atoms with Crippen LogP contribution in [0.25, 0.3) is 0 Å². The molecule has 2 fully saturated rings. The van der Waals surface area contributed by atoms with Crippen LogP contribution < -0.4 is 0 Å². The number of benzene rings is 1. The zero-order valence-electron chi connectivity index (χ0n) is 10.8. The van der Waals surface area contributed by atoms with Crippen LogP contribution in [0.3, 0.4) is 0 Å². The Bertz CT molecular complexity index is 410. The minimum Gasteiger partial charge on any atom is -0.390 e. The van der Waals surface area contributed by atoms with Crippen molar-refractivity contribution in [3.05, 3.63) is 35.9 Å². The van der Waals surface area contributed by atoms with Gasteiger partial charge in [-0.1, -0.05) is 30.3 Å². The molecule has 0 amide bonds. The number of ether oxygens (including phenoxy) is 4. The Morgan fingerprint density at radius 3 is 2.74 bits per heavy atom. The summed E-state index contributed by atoms with van der Waals surface area (Å²) >= 11 is 0. The first-order valence-electron chi connectivity index (χ1n) is 6.46. The van der Waals surface area contributed by atoms with Crippen LogP contribution in [0, 0.1) is 0 Å². The number of rotatable bonds is 2. The van der Waals surface area contributed by atoms with E-state index in [1.807, 2.05) is 30.3 Å². The Labute approximate surface area is 112 Å². The molecule has 1 N–H and O–H groups in total. The maximum Gasteiger partial charge on any atom is 0.184 e. The number of aliphatic hydroxyl groups excluding tert-OH is 1. The van der Waals surface area contributed by atoms with Crippen molar-refractivity contribution < 1.29 is 24.1 Å². The van der Waals surface area contributed by atoms with Gasteiger partial charge in [0.25, 0.3) is 0 Å². The number of aliphatic hydroxyl groups is 1. The van der Waals surface area contributed by atoms with Gasteiger partial charge in [0.05, 0.1) is 12.7 Å². The zero-order chi connectivity index (χ0) is 13.2. The molecule has 1 aromatic rings. The smallest absolute Gasteiger partial charge is 0.184 e. The molecule has 0 bridgehead atoms. The molecule has 3 rings (SSSR count). The van der Waals surface area contributed by atoms with E-state index in [1.54, 1.807) is 7.11 Å². The summed E-state index contributed by atoms with van der Waals surface area (Å²) in [5.74, 6) is 0. The first kappa shape index (κ1) is 13.0. The van der Waals surface area contributed by atoms with Crippen molar-refractivity contribution in [2.75, 3.05) is 13.7 Å². The van der Waals surface area contributed by atoms with E-state index in [-0.39, 0.29) is 12.2 Å². The van der Waals surface area contributed by atoms with Crippen molar-refractivity contribution in [2.24, 2.45) is 0 Å². The van der Waals surface area contributed by atoms with Gasteiger partial charge in [0.2, 0.25) is 0 Å². The standard InChI is InChI=1S/C14H18O5/c1-16-12-7-10(15)13-11(18-12)8-17-14(19-13)9-5-3-2-4-6-9/h2-6,10-15H,7-8H2,1H3/t10-,11-,12+,13+,14-/m0/s1. The molecule has 2 aliphatic rings. The van der Waals surface area contributed by atoms with Crippen molar-refractivity contribution in [3.63, 3.8) is 0 Å². The molecule has 0 aliphatic carbocycles. The summed E-state index contributed by atoms with van der Waals surface area (Å²) in [7, 11) is 1.56. The van der Waals surface area contributed by atoms with Gasteiger partial charge in [-0.05, 0) is 0 Å². The number of methoxy groups -OCH3 is 1. The van der Waals surface area contributed by atoms with Gasteiger partial charge in [0.1, 0.15) is 12.2 Å². The van der Waals surface area contributed by atoms with Crippen molar-refractivity contribution in [1.82, 2.24) is 0 Å². The van der Waals surface area contributed by atoms with Crippen molar-refractivity contribution in [2.45, 2.75) is 37.3 Å². The molecule has 5 atom stereocenters. The lowest BCUT2D eigenvalue weighted by Crippen LogP contribution is -2.55. The maximum absolute atomic E-state index is 10.1. The van der Waals surface area contributed by atoms with E-state index in [0.29, 0.717) is 13.0 Å². The maximum atomic E-state index is 10.1. The van der Waals surface area contributed by atoms with Crippen LogP contribution in [-0.2, 0) is 18.9 Å². The second-order valence-electron chi connectivity index (χ2n) is 4.82. The molecular formula is C14H18O5. The van der Waals surface area contributed by atoms with E-state index >= 15 is 0 Å². The van der Waals surface area contributed by atoms with Gasteiger partial charge in [-0.25, -0.2) is 0 Å². The van der Waals surface area contributed by atoms with Gasteiger partial charge in [-0.15, -0.1) is 0 Å². The SMILES string of the molecule is CO[C@H]1C[C@H](O)[C@H]2O[C@@H](c3ccccc3)OC[C@@H]2O1. The molecule has 2 saturated heterocycles. The molecule has 0 saturated carbocycles. The number of hydrogen-bond acceptors (Lipinski definition) is 5. The molecule has 1 aromatic carbocycles. The fourth-order valence-corrected chi connectivity index (χ4v) is 2.52. The lowest BCUT2D eigenvalue weighted by molar-refractivity contribution is -0.334. The molecule has 0 aromatic heterocycles. The highest BCUT2D eigenvalue weighted by Crippen LogP contribution is 2.33. The highest BCUT2D eigenvalue weighted by molar-refractivity contribution is 5.16. The van der Waals surface area contributed by atoms with Gasteiger partial charge in [0.15, 0.2) is 12.6 Å². The van der Waals surface area contributed by atoms with Gasteiger partial charge in [0, 0.05) is 19.1 Å². The Kier molecular flexibility index (Phi) is 3.81. The van der Waals surface area contributed by atoms with Crippen LogP contribution in [0.4, 0.5) is 0 Å². The van der Waals surface area contributed by atoms with E-state index < -0.39 is 18.7 Å². The van der Waals surface area contributed by atoms with Crippen molar-refractivity contribution in [1.29, 1.82) is 0 Å². The molecule has 5 nitrogen and oxygen atoms in total. The van der Waals surface area contributed by atoms with E-state index in [0.717, 1.165) is 5.56 Å². The van der Waals surface area contributed by atoms with Crippen LogP contribution in [-0.4, -0.2) is 43.4 Å². The zero-order valence-corrected chi connectivity index (χ0v) is 10.8. The Balaban J connectivity index is 1.70. The molecule has 0 unspecified atom stereocenters. The summed E-state index contributed by atoms with van der Waals surface area (Å²) in [4.78, 5) is 0. The average Bonchev–Trinajstić information content (AvgIpc) is 2.47. The Hall–Kier alpha value is -0.980. The first-order valence-corrected chi connectivity index (χ1v) is 6.46. The highest BCUT2D eigenvalue weighted by Gasteiger charge is 2.43. The van der Waals surface area contributed by atoms with Gasteiger partial charge in [-0.3, -0.25) is 0 Å². The second kappa shape index (κ2) is 5.56. The Morgan fingerprint density at radius 2 is 2.00 bits per heavy atom. The molecule has 2 heterocycles. The van der Waals surface area contributed by atoms with Crippen LogP contribution >= 0.6 is 0 Å². The van der Waals surface area contributed by atoms with E-state index in [1.165, 1.54) is 0 Å². The van der Waals surface area contributed by atoms with Gasteiger partial charge in [-0.2, -0.15) is 0 Å². The minimum atomic E-state index is -0.598. The quantitative estimate of drug-likeness (QED) is 0.872. The van der Waals surface area contributed by atoms with Crippen molar-refractivity contribution >= 4 is 0 Å². The molecule has 104 valence electrons. The Morgan fingerprint density at radius 1 is 1.21 bits per heavy atom. The molecule has 19 heavy (non-hydrogen) atoms. The molecule has 0 radical (unpaired) electrons. The van der Waals surface area contributed by atoms with E-state index in [2.05, 4.69) is 0 Å². The molecular weight excluding hydrogens is 248 g/mol. The van der Waals surface area contributed by atoms with E-state index in [4.69, 9.17) is 18.9 Å². The summed E-state index contributed by atoms with van der Waals surface area (Å²) in [6, 6.07) is 9.70. The third-order valence-electron chi connectivity index (χ3n) is 3.53. The minimum absolute atomic E-state index is 0.284. The van der Waals surface area contributed by atoms with Gasteiger partial charge >= 0.3 is 0 Å². The van der Waals surface area contributed by atoms with Crippen molar-refractivity contribution in [3.8, 4) is 0 Å². The fraction of sp³-hybridized carbons (Fsp3) is 0.571. The molecule has 0 spiro atoms. The van der Waals surface area contributed by atoms with E-state index in [9.17, 15) is 5.11 Å². The lowest BCUT2D eigenvalue weighted by atomic mass is 10.0. The highest BCUT2D eigenvalue weighted by atomic mass is 16.7. The monoisotopic (exact) mass is 266 g/mol. The van der Waals surface area contributed by atoms with Crippen LogP contribution in [0.5, 0.6) is 0 Å². The van der Waals surface area contributed by atoms with Crippen LogP contribution in [0.2, 0.25) is 0 Å². The first-order chi connectivity index (χ1) is 9.28. The second-order valence-corrected chi connectivity index (χ2v) is 4.82. The molecule has 2 aliphatic heterocycles. The fourth-order valence-electron chi connectivity index (χ4n) is 2.52. The normalized spacial score (nSPS) is 38.7. The lowest BCUT2D eigenvalue weighted by Gasteiger charge is -2.43. The summed E-state index contributed by atoms with van der Waals surface area (Å²) in [5.41, 5.74) is 0.946. The van der Waals surface area contributed by atoms with Crippen LogP contribution in [0.1, 0.15) is 18.3 Å². The topological polar surface area (TPSA) is 57.2 Å². The summed E-state index contributed by atoms with van der Waals surface area (Å²) in [5, 5.41) is 10.1. The third-order valence-corrected chi connectivity index (χ3v) is 3.53. The summed E-state index contributed by atoms with van der Waals surface area (Å²) in [6.45, 7) is 0.390. The predicted molar refractivity (Wildman–Crippen MR) is 66.3 cm³/mol. The van der Waals surface area contributed by atoms with Gasteiger partial charge < -0.3 is 24.1 Å². The summed E-state index contributed by atoms with van der Waals surface area (Å²) < 4.78 is 22.3. The number of fused-ring (bicyclic) bond motifs is 1. The third kappa shape index (κ3) is 2.66. The predicted octanol–water partition coefficient (Wildman–Crippen LogP) is 1.22. The average molecular weight is 266 g/mol. The summed E-state index contributed by atoms with van der Waals surface area (Å²) in [6.07, 6.45) is -1.67. The number of hydrogen-bond donors (Lipinski definition) is 1. The molecule has 5 heteroatoms.